The molecule has 1 aliphatic heterocycles. The number of rotatable bonds is 7. The number of hydrogen-bond acceptors (Lipinski definition) is 4. The van der Waals surface area contributed by atoms with Gasteiger partial charge in [0.05, 0.1) is 11.9 Å². The molecule has 0 radical (unpaired) electrons. The first-order valence-corrected chi connectivity index (χ1v) is 10.7. The molecule has 8 heteroatoms. The molecule has 1 aliphatic rings. The zero-order valence-corrected chi connectivity index (χ0v) is 18.2. The largest absolute Gasteiger partial charge is 0.354 e. The van der Waals surface area contributed by atoms with Crippen molar-refractivity contribution in [2.24, 2.45) is 5.92 Å². The molecule has 30 heavy (non-hydrogen) atoms. The molecule has 0 atom stereocenters. The van der Waals surface area contributed by atoms with Crippen LogP contribution in [0.15, 0.2) is 12.4 Å². The second kappa shape index (κ2) is 9.28. The number of anilines is 1. The molecule has 0 spiro atoms. The summed E-state index contributed by atoms with van der Waals surface area (Å²) in [7, 11) is 0. The molecule has 2 amide bonds. The number of carbonyl (C=O) groups is 3. The van der Waals surface area contributed by atoms with Crippen LogP contribution in [0.2, 0.25) is 0 Å². The highest BCUT2D eigenvalue weighted by Gasteiger charge is 2.31. The number of H-pyrrole nitrogens is 1. The summed E-state index contributed by atoms with van der Waals surface area (Å²) in [5.74, 6) is -0.267. The molecule has 2 aromatic heterocycles. The van der Waals surface area contributed by atoms with Crippen molar-refractivity contribution in [3.05, 3.63) is 34.9 Å². The van der Waals surface area contributed by atoms with Crippen molar-refractivity contribution in [3.8, 4) is 0 Å². The molecule has 0 saturated carbocycles. The Kier molecular flexibility index (Phi) is 6.74. The molecule has 0 unspecified atom stereocenters. The van der Waals surface area contributed by atoms with Crippen LogP contribution in [-0.2, 0) is 17.8 Å². The van der Waals surface area contributed by atoms with E-state index in [0.29, 0.717) is 49.3 Å². The Hall–Kier alpha value is -2.90. The van der Waals surface area contributed by atoms with E-state index in [4.69, 9.17) is 0 Å². The van der Waals surface area contributed by atoms with E-state index in [1.165, 1.54) is 6.92 Å². The van der Waals surface area contributed by atoms with Gasteiger partial charge in [-0.1, -0.05) is 13.3 Å². The van der Waals surface area contributed by atoms with Crippen LogP contribution < -0.4 is 5.32 Å². The maximum atomic E-state index is 13.2. The summed E-state index contributed by atoms with van der Waals surface area (Å²) in [6, 6.07) is 0. The Morgan fingerprint density at radius 1 is 1.23 bits per heavy atom. The Morgan fingerprint density at radius 2 is 1.93 bits per heavy atom. The number of nitrogens with zero attached hydrogens (tertiary/aromatic N) is 3. The lowest BCUT2D eigenvalue weighted by atomic mass is 9.95. The number of likely N-dealkylation sites (tertiary alicyclic amines) is 1. The lowest BCUT2D eigenvalue weighted by molar-refractivity contribution is -0.121. The molecule has 3 heterocycles. The molecular weight excluding hydrogens is 382 g/mol. The van der Waals surface area contributed by atoms with E-state index in [1.54, 1.807) is 15.8 Å². The summed E-state index contributed by atoms with van der Waals surface area (Å²) >= 11 is 0. The molecular formula is C22H31N5O3. The highest BCUT2D eigenvalue weighted by molar-refractivity contribution is 6.02. The van der Waals surface area contributed by atoms with Crippen LogP contribution in [-0.4, -0.2) is 50.4 Å². The molecule has 1 fully saturated rings. The summed E-state index contributed by atoms with van der Waals surface area (Å²) in [4.78, 5) is 42.7. The standard InChI is InChI=1S/C22H31N5O3/c1-5-7-18-19(15(4)28)14(3)24-20(18)22(30)26-10-8-16(9-11-26)21(29)25-17-12-23-27(6-2)13-17/h12-13,16,24H,5-11H2,1-4H3,(H,25,29). The van der Waals surface area contributed by atoms with Crippen LogP contribution in [0.4, 0.5) is 5.69 Å². The molecule has 162 valence electrons. The van der Waals surface area contributed by atoms with E-state index < -0.39 is 0 Å². The lowest BCUT2D eigenvalue weighted by Gasteiger charge is -2.31. The van der Waals surface area contributed by atoms with Gasteiger partial charge in [-0.05, 0) is 45.6 Å². The molecule has 0 aromatic carbocycles. The van der Waals surface area contributed by atoms with Crippen LogP contribution in [0.5, 0.6) is 0 Å². The van der Waals surface area contributed by atoms with Crippen molar-refractivity contribution in [2.75, 3.05) is 18.4 Å². The zero-order chi connectivity index (χ0) is 21.8. The number of hydrogen-bond donors (Lipinski definition) is 2. The summed E-state index contributed by atoms with van der Waals surface area (Å²) in [5, 5.41) is 7.09. The minimum atomic E-state index is -0.132. The molecule has 0 aliphatic carbocycles. The molecule has 2 aromatic rings. The smallest absolute Gasteiger partial charge is 0.270 e. The number of Topliss-reactive ketones (excluding diaryl/α,β-unsaturated/α-hetero) is 1. The molecule has 0 bridgehead atoms. The van der Waals surface area contributed by atoms with Crippen molar-refractivity contribution in [1.29, 1.82) is 0 Å². The fourth-order valence-electron chi connectivity index (χ4n) is 4.18. The van der Waals surface area contributed by atoms with Gasteiger partial charge in [0.25, 0.3) is 5.91 Å². The first-order chi connectivity index (χ1) is 14.3. The Balaban J connectivity index is 1.65. The predicted octanol–water partition coefficient (Wildman–Crippen LogP) is 3.19. The molecule has 1 saturated heterocycles. The van der Waals surface area contributed by atoms with Crippen LogP contribution in [0.1, 0.15) is 72.1 Å². The number of carbonyl (C=O) groups excluding carboxylic acids is 3. The number of aryl methyl sites for hydroxylation is 2. The maximum Gasteiger partial charge on any atom is 0.270 e. The number of ketones is 1. The lowest BCUT2D eigenvalue weighted by Crippen LogP contribution is -2.41. The average Bonchev–Trinajstić information content (AvgIpc) is 3.31. The highest BCUT2D eigenvalue weighted by atomic mass is 16.2. The average molecular weight is 414 g/mol. The van der Waals surface area contributed by atoms with Gasteiger partial charge in [0.1, 0.15) is 5.69 Å². The first kappa shape index (κ1) is 21.8. The topological polar surface area (TPSA) is 100 Å². The highest BCUT2D eigenvalue weighted by Crippen LogP contribution is 2.25. The minimum absolute atomic E-state index is 0.0203. The molecule has 3 rings (SSSR count). The zero-order valence-electron chi connectivity index (χ0n) is 18.2. The quantitative estimate of drug-likeness (QED) is 0.681. The van der Waals surface area contributed by atoms with Gasteiger partial charge in [-0.15, -0.1) is 0 Å². The summed E-state index contributed by atoms with van der Waals surface area (Å²) in [6.07, 6.45) is 6.23. The fourth-order valence-corrected chi connectivity index (χ4v) is 4.18. The van der Waals surface area contributed by atoms with E-state index in [1.807, 2.05) is 27.0 Å². The van der Waals surface area contributed by atoms with Crippen molar-refractivity contribution in [1.82, 2.24) is 19.7 Å². The van der Waals surface area contributed by atoms with Crippen LogP contribution in [0, 0.1) is 12.8 Å². The van der Waals surface area contributed by atoms with Crippen LogP contribution >= 0.6 is 0 Å². The van der Waals surface area contributed by atoms with E-state index >= 15 is 0 Å². The summed E-state index contributed by atoms with van der Waals surface area (Å²) in [6.45, 7) is 9.19. The third-order valence-electron chi connectivity index (χ3n) is 5.73. The number of aromatic nitrogens is 3. The van der Waals surface area contributed by atoms with Crippen molar-refractivity contribution < 1.29 is 14.4 Å². The van der Waals surface area contributed by atoms with Crippen molar-refractivity contribution >= 4 is 23.3 Å². The van der Waals surface area contributed by atoms with Gasteiger partial charge in [-0.2, -0.15) is 5.10 Å². The molecule has 8 nitrogen and oxygen atoms in total. The van der Waals surface area contributed by atoms with Gasteiger partial charge in [-0.3, -0.25) is 19.1 Å². The van der Waals surface area contributed by atoms with Gasteiger partial charge >= 0.3 is 0 Å². The number of aromatic amines is 1. The van der Waals surface area contributed by atoms with Gasteiger partial charge in [0, 0.05) is 43.0 Å². The van der Waals surface area contributed by atoms with Crippen LogP contribution in [0.3, 0.4) is 0 Å². The normalized spacial score (nSPS) is 14.7. The van der Waals surface area contributed by atoms with Gasteiger partial charge in [0.15, 0.2) is 5.78 Å². The number of piperidine rings is 1. The third-order valence-corrected chi connectivity index (χ3v) is 5.73. The van der Waals surface area contributed by atoms with Crippen LogP contribution in [0.25, 0.3) is 0 Å². The minimum Gasteiger partial charge on any atom is -0.354 e. The van der Waals surface area contributed by atoms with Gasteiger partial charge in [0.2, 0.25) is 5.91 Å². The summed E-state index contributed by atoms with van der Waals surface area (Å²) < 4.78 is 1.76. The van der Waals surface area contributed by atoms with Crippen molar-refractivity contribution in [2.45, 2.75) is 59.9 Å². The Labute approximate surface area is 177 Å². The second-order valence-corrected chi connectivity index (χ2v) is 7.93. The Bertz CT molecular complexity index is 935. The monoisotopic (exact) mass is 413 g/mol. The van der Waals surface area contributed by atoms with Gasteiger partial charge < -0.3 is 15.2 Å². The van der Waals surface area contributed by atoms with Crippen molar-refractivity contribution in [3.63, 3.8) is 0 Å². The SMILES string of the molecule is CCCc1c(C(=O)N2CCC(C(=O)Nc3cnn(CC)c3)CC2)[nH]c(C)c1C(C)=O. The Morgan fingerprint density at radius 3 is 2.50 bits per heavy atom. The number of nitrogens with one attached hydrogen (secondary N) is 2. The number of amides is 2. The fraction of sp³-hybridized carbons (Fsp3) is 0.545. The molecule has 2 N–H and O–H groups in total. The first-order valence-electron chi connectivity index (χ1n) is 10.7. The summed E-state index contributed by atoms with van der Waals surface area (Å²) in [5.41, 5.74) is 3.43. The second-order valence-electron chi connectivity index (χ2n) is 7.93. The predicted molar refractivity (Wildman–Crippen MR) is 115 cm³/mol. The van der Waals surface area contributed by atoms with Gasteiger partial charge in [-0.25, -0.2) is 0 Å². The maximum absolute atomic E-state index is 13.2. The van der Waals surface area contributed by atoms with E-state index in [0.717, 1.165) is 24.2 Å². The van der Waals surface area contributed by atoms with E-state index in [2.05, 4.69) is 15.4 Å². The van der Waals surface area contributed by atoms with E-state index in [-0.39, 0.29) is 23.5 Å². The van der Waals surface area contributed by atoms with E-state index in [9.17, 15) is 14.4 Å². The third kappa shape index (κ3) is 4.47.